The van der Waals surface area contributed by atoms with Crippen LogP contribution >= 0.6 is 0 Å². The van der Waals surface area contributed by atoms with E-state index in [0.717, 1.165) is 30.8 Å². The van der Waals surface area contributed by atoms with Crippen LogP contribution in [0.1, 0.15) is 31.4 Å². The van der Waals surface area contributed by atoms with Gasteiger partial charge in [-0.05, 0) is 37.5 Å². The van der Waals surface area contributed by atoms with Crippen LogP contribution < -0.4 is 15.6 Å². The fourth-order valence-corrected chi connectivity index (χ4v) is 3.07. The Morgan fingerprint density at radius 2 is 2.14 bits per heavy atom. The molecule has 3 rings (SSSR count). The zero-order valence-electron chi connectivity index (χ0n) is 12.6. The van der Waals surface area contributed by atoms with Gasteiger partial charge in [0.25, 0.3) is 0 Å². The number of carboxylic acids is 1. The van der Waals surface area contributed by atoms with Crippen molar-refractivity contribution in [3.05, 3.63) is 29.8 Å². The van der Waals surface area contributed by atoms with Gasteiger partial charge in [-0.3, -0.25) is 10.2 Å². The number of benzene rings is 1. The summed E-state index contributed by atoms with van der Waals surface area (Å²) in [7, 11) is 0. The second-order valence-electron chi connectivity index (χ2n) is 5.93. The van der Waals surface area contributed by atoms with Crippen molar-refractivity contribution in [2.45, 2.75) is 38.0 Å². The van der Waals surface area contributed by atoms with Crippen molar-refractivity contribution in [3.63, 3.8) is 0 Å². The molecule has 1 aromatic carbocycles. The number of carboxylic acid groups (broad SMARTS) is 1. The zero-order valence-corrected chi connectivity index (χ0v) is 12.6. The Hall–Kier alpha value is -1.63. The number of hydrogen-bond donors (Lipinski definition) is 3. The Labute approximate surface area is 129 Å². The number of ether oxygens (including phenoxy) is 2. The first kappa shape index (κ1) is 15.3. The van der Waals surface area contributed by atoms with Gasteiger partial charge >= 0.3 is 5.97 Å². The second-order valence-corrected chi connectivity index (χ2v) is 5.93. The quantitative estimate of drug-likeness (QED) is 0.765. The highest BCUT2D eigenvalue weighted by molar-refractivity contribution is 5.72. The Kier molecular flexibility index (Phi) is 4.61. The summed E-state index contributed by atoms with van der Waals surface area (Å²) < 4.78 is 11.2. The van der Waals surface area contributed by atoms with E-state index in [9.17, 15) is 9.90 Å². The molecule has 0 amide bonds. The van der Waals surface area contributed by atoms with E-state index in [1.54, 1.807) is 0 Å². The van der Waals surface area contributed by atoms with Gasteiger partial charge in [-0.25, -0.2) is 5.43 Å². The topological polar surface area (TPSA) is 79.8 Å². The average molecular weight is 306 g/mol. The largest absolute Gasteiger partial charge is 0.491 e. The maximum absolute atomic E-state index is 11.4. The van der Waals surface area contributed by atoms with Crippen molar-refractivity contribution < 1.29 is 19.4 Å². The van der Waals surface area contributed by atoms with Gasteiger partial charge in [0.1, 0.15) is 12.4 Å². The predicted octanol–water partition coefficient (Wildman–Crippen LogP) is 1.48. The minimum Gasteiger partial charge on any atom is -0.491 e. The minimum absolute atomic E-state index is 0.113. The van der Waals surface area contributed by atoms with E-state index in [4.69, 9.17) is 9.47 Å². The van der Waals surface area contributed by atoms with Crippen molar-refractivity contribution >= 4 is 5.97 Å². The molecule has 0 bridgehead atoms. The summed E-state index contributed by atoms with van der Waals surface area (Å²) in [6, 6.07) is 7.25. The molecule has 2 aliphatic rings. The highest BCUT2D eigenvalue weighted by Gasteiger charge is 2.39. The van der Waals surface area contributed by atoms with Gasteiger partial charge in [-0.1, -0.05) is 12.1 Å². The molecule has 0 aromatic heterocycles. The number of nitrogens with one attached hydrogen (secondary N) is 2. The fraction of sp³-hybridized carbons (Fsp3) is 0.562. The summed E-state index contributed by atoms with van der Waals surface area (Å²) in [5.74, 6) is -0.502. The first-order valence-electron chi connectivity index (χ1n) is 7.73. The third-order valence-electron chi connectivity index (χ3n) is 4.35. The lowest BCUT2D eigenvalue weighted by molar-refractivity contribution is -0.142. The van der Waals surface area contributed by atoms with Crippen LogP contribution in [-0.2, 0) is 9.53 Å². The molecule has 6 nitrogen and oxygen atoms in total. The molecule has 22 heavy (non-hydrogen) atoms. The molecule has 0 spiro atoms. The highest BCUT2D eigenvalue weighted by atomic mass is 16.5. The summed E-state index contributed by atoms with van der Waals surface area (Å²) in [4.78, 5) is 11.4. The lowest BCUT2D eigenvalue weighted by Gasteiger charge is -2.17. The summed E-state index contributed by atoms with van der Waals surface area (Å²) in [6.45, 7) is 3.25. The van der Waals surface area contributed by atoms with E-state index in [1.807, 2.05) is 31.2 Å². The van der Waals surface area contributed by atoms with Gasteiger partial charge in [-0.2, -0.15) is 0 Å². The number of hydrogen-bond acceptors (Lipinski definition) is 5. The third-order valence-corrected chi connectivity index (χ3v) is 4.35. The molecular formula is C16H22N2O4. The number of aliphatic carboxylic acids is 1. The molecule has 6 heteroatoms. The van der Waals surface area contributed by atoms with E-state index < -0.39 is 11.9 Å². The number of rotatable bonds is 5. The summed E-state index contributed by atoms with van der Waals surface area (Å²) in [5, 5.41) is 9.36. The van der Waals surface area contributed by atoms with E-state index in [0.29, 0.717) is 6.61 Å². The molecular weight excluding hydrogens is 284 g/mol. The smallest absolute Gasteiger partial charge is 0.310 e. The van der Waals surface area contributed by atoms with E-state index in [2.05, 4.69) is 10.9 Å². The number of hydrazine groups is 1. The summed E-state index contributed by atoms with van der Waals surface area (Å²) in [5.41, 5.74) is 6.99. The van der Waals surface area contributed by atoms with Gasteiger partial charge in [0.15, 0.2) is 0 Å². The molecule has 2 aliphatic heterocycles. The van der Waals surface area contributed by atoms with Crippen LogP contribution in [-0.4, -0.2) is 36.4 Å². The van der Waals surface area contributed by atoms with Crippen molar-refractivity contribution in [2.75, 3.05) is 13.2 Å². The molecule has 2 fully saturated rings. The fourth-order valence-electron chi connectivity index (χ4n) is 3.07. The monoisotopic (exact) mass is 306 g/mol. The van der Waals surface area contributed by atoms with Crippen molar-refractivity contribution in [1.29, 1.82) is 0 Å². The summed E-state index contributed by atoms with van der Waals surface area (Å²) in [6.07, 6.45) is 2.34. The van der Waals surface area contributed by atoms with Crippen LogP contribution in [0, 0.1) is 5.92 Å². The normalized spacial score (nSPS) is 31.3. The van der Waals surface area contributed by atoms with Crippen molar-refractivity contribution in [1.82, 2.24) is 10.9 Å². The lowest BCUT2D eigenvalue weighted by atomic mass is 9.90. The van der Waals surface area contributed by atoms with E-state index in [1.165, 1.54) is 0 Å². The maximum atomic E-state index is 11.4. The molecule has 3 N–H and O–H groups in total. The highest BCUT2D eigenvalue weighted by Crippen LogP contribution is 2.30. The van der Waals surface area contributed by atoms with Crippen LogP contribution in [0.4, 0.5) is 0 Å². The molecule has 1 aromatic rings. The van der Waals surface area contributed by atoms with Crippen LogP contribution in [0.15, 0.2) is 24.3 Å². The van der Waals surface area contributed by atoms with Crippen LogP contribution in [0.3, 0.4) is 0 Å². The SMILES string of the molecule is CC1NNC(c2ccc(OCC3CCCO3)cc2)C1C(=O)O. The average Bonchev–Trinajstić information content (AvgIpc) is 3.15. The predicted molar refractivity (Wildman–Crippen MR) is 80.5 cm³/mol. The molecule has 120 valence electrons. The molecule has 4 atom stereocenters. The molecule has 0 aliphatic carbocycles. The first-order chi connectivity index (χ1) is 10.6. The summed E-state index contributed by atoms with van der Waals surface area (Å²) >= 11 is 0. The standard InChI is InChI=1S/C16H22N2O4/c1-10-14(16(19)20)15(18-17-10)11-4-6-12(7-5-11)22-9-13-3-2-8-21-13/h4-7,10,13-15,17-18H,2-3,8-9H2,1H3,(H,19,20). The lowest BCUT2D eigenvalue weighted by Crippen LogP contribution is -2.30. The van der Waals surface area contributed by atoms with Crippen molar-refractivity contribution in [3.8, 4) is 5.75 Å². The Balaban J connectivity index is 1.62. The molecule has 4 unspecified atom stereocenters. The van der Waals surface area contributed by atoms with Gasteiger partial charge in [0, 0.05) is 12.6 Å². The van der Waals surface area contributed by atoms with Crippen LogP contribution in [0.2, 0.25) is 0 Å². The molecule has 0 radical (unpaired) electrons. The maximum Gasteiger partial charge on any atom is 0.310 e. The molecule has 0 saturated carbocycles. The van der Waals surface area contributed by atoms with Gasteiger partial charge < -0.3 is 14.6 Å². The number of carbonyl (C=O) groups is 1. The Morgan fingerprint density at radius 3 is 2.77 bits per heavy atom. The van der Waals surface area contributed by atoms with E-state index in [-0.39, 0.29) is 18.2 Å². The van der Waals surface area contributed by atoms with Crippen molar-refractivity contribution in [2.24, 2.45) is 5.92 Å². The van der Waals surface area contributed by atoms with Crippen LogP contribution in [0.5, 0.6) is 5.75 Å². The third kappa shape index (κ3) is 3.24. The Bertz CT molecular complexity index is 513. The zero-order chi connectivity index (χ0) is 15.5. The van der Waals surface area contributed by atoms with Gasteiger partial charge in [-0.15, -0.1) is 0 Å². The second kappa shape index (κ2) is 6.64. The van der Waals surface area contributed by atoms with E-state index >= 15 is 0 Å². The van der Waals surface area contributed by atoms with Crippen LogP contribution in [0.25, 0.3) is 0 Å². The van der Waals surface area contributed by atoms with Gasteiger partial charge in [0.2, 0.25) is 0 Å². The first-order valence-corrected chi connectivity index (χ1v) is 7.73. The van der Waals surface area contributed by atoms with Gasteiger partial charge in [0.05, 0.1) is 18.1 Å². The molecule has 2 heterocycles. The molecule has 2 saturated heterocycles. The minimum atomic E-state index is -0.797. The Morgan fingerprint density at radius 1 is 1.36 bits per heavy atom.